The summed E-state index contributed by atoms with van der Waals surface area (Å²) >= 11 is 0. The minimum absolute atomic E-state index is 0.0842. The summed E-state index contributed by atoms with van der Waals surface area (Å²) in [6.45, 7) is 9.25. The van der Waals surface area contributed by atoms with E-state index in [0.717, 1.165) is 44.1 Å². The average Bonchev–Trinajstić information content (AvgIpc) is 2.42. The maximum absolute atomic E-state index is 12.6. The predicted molar refractivity (Wildman–Crippen MR) is 87.9 cm³/mol. The first kappa shape index (κ1) is 17.4. The lowest BCUT2D eigenvalue weighted by molar-refractivity contribution is 0.0759. The van der Waals surface area contributed by atoms with Gasteiger partial charge in [-0.25, -0.2) is 4.98 Å². The number of amides is 1. The van der Waals surface area contributed by atoms with E-state index in [0.29, 0.717) is 5.56 Å². The van der Waals surface area contributed by atoms with Crippen LogP contribution in [0.1, 0.15) is 36.3 Å². The number of nitrogens with zero attached hydrogens (tertiary/aromatic N) is 3. The van der Waals surface area contributed by atoms with Gasteiger partial charge in [-0.2, -0.15) is 0 Å². The number of carbonyl (C=O) groups excluding carboxylic acids is 1. The van der Waals surface area contributed by atoms with E-state index in [2.05, 4.69) is 15.2 Å². The third kappa shape index (κ3) is 5.71. The lowest BCUT2D eigenvalue weighted by Crippen LogP contribution is -2.33. The predicted octanol–water partition coefficient (Wildman–Crippen LogP) is 2.24. The van der Waals surface area contributed by atoms with Crippen molar-refractivity contribution < 1.29 is 4.79 Å². The Morgan fingerprint density at radius 2 is 1.95 bits per heavy atom. The standard InChI is InChI=1S/C16H28N4O/c1-6-17-15-12-14(11-13(3)18-15)16(21)20(7-2)10-8-9-19(4)5/h11-12H,6-10H2,1-5H3,(H,17,18). The van der Waals surface area contributed by atoms with Crippen LogP contribution in [0.3, 0.4) is 0 Å². The molecule has 0 spiro atoms. The molecule has 21 heavy (non-hydrogen) atoms. The highest BCUT2D eigenvalue weighted by Crippen LogP contribution is 2.13. The van der Waals surface area contributed by atoms with Crippen molar-refractivity contribution in [3.63, 3.8) is 0 Å². The Hall–Kier alpha value is -1.62. The molecule has 1 aromatic rings. The van der Waals surface area contributed by atoms with E-state index in [4.69, 9.17) is 0 Å². The Labute approximate surface area is 128 Å². The molecule has 1 heterocycles. The van der Waals surface area contributed by atoms with Crippen LogP contribution in [-0.2, 0) is 0 Å². The summed E-state index contributed by atoms with van der Waals surface area (Å²) < 4.78 is 0. The molecule has 1 aromatic heterocycles. The van der Waals surface area contributed by atoms with Gasteiger partial charge in [0.05, 0.1) is 0 Å². The molecule has 118 valence electrons. The summed E-state index contributed by atoms with van der Waals surface area (Å²) in [4.78, 5) is 21.0. The van der Waals surface area contributed by atoms with Crippen LogP contribution in [0.2, 0.25) is 0 Å². The molecule has 1 N–H and O–H groups in total. The van der Waals surface area contributed by atoms with Gasteiger partial charge in [0.25, 0.3) is 5.91 Å². The molecule has 0 fully saturated rings. The van der Waals surface area contributed by atoms with Crippen LogP contribution in [0.15, 0.2) is 12.1 Å². The van der Waals surface area contributed by atoms with Crippen molar-refractivity contribution in [1.82, 2.24) is 14.8 Å². The van der Waals surface area contributed by atoms with Gasteiger partial charge in [-0.05, 0) is 60.0 Å². The molecule has 0 saturated carbocycles. The van der Waals surface area contributed by atoms with Crippen molar-refractivity contribution in [3.8, 4) is 0 Å². The number of nitrogens with one attached hydrogen (secondary N) is 1. The monoisotopic (exact) mass is 292 g/mol. The Kier molecular flexibility index (Phi) is 7.15. The number of aryl methyl sites for hydroxylation is 1. The lowest BCUT2D eigenvalue weighted by Gasteiger charge is -2.22. The molecule has 0 aromatic carbocycles. The minimum Gasteiger partial charge on any atom is -0.370 e. The smallest absolute Gasteiger partial charge is 0.254 e. The van der Waals surface area contributed by atoms with Gasteiger partial charge in [0.1, 0.15) is 5.82 Å². The van der Waals surface area contributed by atoms with Gasteiger partial charge in [-0.15, -0.1) is 0 Å². The summed E-state index contributed by atoms with van der Waals surface area (Å²) in [6.07, 6.45) is 0.983. The first-order valence-corrected chi connectivity index (χ1v) is 7.64. The molecule has 0 atom stereocenters. The van der Waals surface area contributed by atoms with E-state index in [1.54, 1.807) is 0 Å². The van der Waals surface area contributed by atoms with Crippen LogP contribution >= 0.6 is 0 Å². The van der Waals surface area contributed by atoms with Gasteiger partial charge in [0, 0.05) is 30.9 Å². The zero-order valence-corrected chi connectivity index (χ0v) is 13.9. The quantitative estimate of drug-likeness (QED) is 0.798. The fourth-order valence-corrected chi connectivity index (χ4v) is 2.23. The minimum atomic E-state index is 0.0842. The van der Waals surface area contributed by atoms with Crippen LogP contribution in [0.4, 0.5) is 5.82 Å². The van der Waals surface area contributed by atoms with E-state index in [-0.39, 0.29) is 5.91 Å². The van der Waals surface area contributed by atoms with Crippen LogP contribution in [0.25, 0.3) is 0 Å². The third-order valence-electron chi connectivity index (χ3n) is 3.26. The molecule has 0 aliphatic heterocycles. The molecule has 0 unspecified atom stereocenters. The number of rotatable bonds is 8. The SMILES string of the molecule is CCNc1cc(C(=O)N(CC)CCCN(C)C)cc(C)n1. The van der Waals surface area contributed by atoms with E-state index in [1.165, 1.54) is 0 Å². The number of hydrogen-bond acceptors (Lipinski definition) is 4. The molecule has 5 nitrogen and oxygen atoms in total. The summed E-state index contributed by atoms with van der Waals surface area (Å²) in [5.41, 5.74) is 1.58. The highest BCUT2D eigenvalue weighted by Gasteiger charge is 2.15. The number of carbonyl (C=O) groups is 1. The van der Waals surface area contributed by atoms with Crippen LogP contribution < -0.4 is 5.32 Å². The zero-order valence-electron chi connectivity index (χ0n) is 13.9. The highest BCUT2D eigenvalue weighted by atomic mass is 16.2. The van der Waals surface area contributed by atoms with Gasteiger partial charge in [-0.3, -0.25) is 4.79 Å². The summed E-state index contributed by atoms with van der Waals surface area (Å²) in [7, 11) is 4.10. The zero-order chi connectivity index (χ0) is 15.8. The Balaban J connectivity index is 2.79. The summed E-state index contributed by atoms with van der Waals surface area (Å²) in [5, 5.41) is 3.17. The molecule has 1 rings (SSSR count). The molecular weight excluding hydrogens is 264 g/mol. The Morgan fingerprint density at radius 3 is 2.52 bits per heavy atom. The first-order valence-electron chi connectivity index (χ1n) is 7.64. The normalized spacial score (nSPS) is 10.8. The van der Waals surface area contributed by atoms with Gasteiger partial charge in [0.15, 0.2) is 0 Å². The highest BCUT2D eigenvalue weighted by molar-refractivity contribution is 5.95. The van der Waals surface area contributed by atoms with Crippen molar-refractivity contribution in [2.75, 3.05) is 45.6 Å². The van der Waals surface area contributed by atoms with Crippen molar-refractivity contribution in [1.29, 1.82) is 0 Å². The Bertz CT molecular complexity index is 460. The largest absolute Gasteiger partial charge is 0.370 e. The van der Waals surface area contributed by atoms with E-state index in [9.17, 15) is 4.79 Å². The molecule has 0 radical (unpaired) electrons. The number of hydrogen-bond donors (Lipinski definition) is 1. The fourth-order valence-electron chi connectivity index (χ4n) is 2.23. The van der Waals surface area contributed by atoms with Crippen molar-refractivity contribution in [2.45, 2.75) is 27.2 Å². The van der Waals surface area contributed by atoms with E-state index >= 15 is 0 Å². The van der Waals surface area contributed by atoms with E-state index in [1.807, 2.05) is 51.9 Å². The molecule has 1 amide bonds. The van der Waals surface area contributed by atoms with Crippen LogP contribution in [0.5, 0.6) is 0 Å². The average molecular weight is 292 g/mol. The van der Waals surface area contributed by atoms with Crippen molar-refractivity contribution in [2.24, 2.45) is 0 Å². The maximum Gasteiger partial charge on any atom is 0.254 e. The maximum atomic E-state index is 12.6. The molecule has 0 saturated heterocycles. The van der Waals surface area contributed by atoms with Crippen molar-refractivity contribution in [3.05, 3.63) is 23.4 Å². The van der Waals surface area contributed by atoms with Gasteiger partial charge >= 0.3 is 0 Å². The van der Waals surface area contributed by atoms with Crippen LogP contribution in [-0.4, -0.2) is 61.0 Å². The Morgan fingerprint density at radius 1 is 1.24 bits per heavy atom. The molecule has 0 aliphatic carbocycles. The van der Waals surface area contributed by atoms with Crippen molar-refractivity contribution >= 4 is 11.7 Å². The first-order chi connectivity index (χ1) is 9.97. The third-order valence-corrected chi connectivity index (χ3v) is 3.26. The molecular formula is C16H28N4O. The number of pyridine rings is 1. The molecule has 0 bridgehead atoms. The number of anilines is 1. The van der Waals surface area contributed by atoms with Gasteiger partial charge in [-0.1, -0.05) is 0 Å². The lowest BCUT2D eigenvalue weighted by atomic mass is 10.2. The molecule has 0 aliphatic rings. The second-order valence-electron chi connectivity index (χ2n) is 5.45. The summed E-state index contributed by atoms with van der Waals surface area (Å²) in [5.74, 6) is 0.853. The van der Waals surface area contributed by atoms with Gasteiger partial charge < -0.3 is 15.1 Å². The topological polar surface area (TPSA) is 48.5 Å². The second-order valence-corrected chi connectivity index (χ2v) is 5.45. The van der Waals surface area contributed by atoms with Gasteiger partial charge in [0.2, 0.25) is 0 Å². The van der Waals surface area contributed by atoms with Crippen LogP contribution in [0, 0.1) is 6.92 Å². The van der Waals surface area contributed by atoms with E-state index < -0.39 is 0 Å². The number of aromatic nitrogens is 1. The fraction of sp³-hybridized carbons (Fsp3) is 0.625. The molecule has 5 heteroatoms. The second kappa shape index (κ2) is 8.62. The summed E-state index contributed by atoms with van der Waals surface area (Å²) in [6, 6.07) is 3.70.